The van der Waals surface area contributed by atoms with Gasteiger partial charge in [-0.3, -0.25) is 9.52 Å². The highest BCUT2D eigenvalue weighted by molar-refractivity contribution is 7.92. The molecule has 0 spiro atoms. The molecule has 35 heavy (non-hydrogen) atoms. The quantitative estimate of drug-likeness (QED) is 0.304. The normalized spacial score (nSPS) is 11.7. The molecule has 0 unspecified atom stereocenters. The van der Waals surface area contributed by atoms with Crippen molar-refractivity contribution in [2.24, 2.45) is 0 Å². The van der Waals surface area contributed by atoms with Gasteiger partial charge in [-0.05, 0) is 65.2 Å². The second-order valence-corrected chi connectivity index (χ2v) is 9.55. The Kier molecular flexibility index (Phi) is 6.66. The van der Waals surface area contributed by atoms with Crippen molar-refractivity contribution in [2.45, 2.75) is 11.8 Å². The monoisotopic (exact) mass is 486 g/mol. The highest BCUT2D eigenvalue weighted by atomic mass is 32.2. The lowest BCUT2D eigenvalue weighted by Crippen LogP contribution is -2.15. The average molecular weight is 487 g/mol. The number of carbonyl (C=O) groups excluding carboxylic acids is 1. The summed E-state index contributed by atoms with van der Waals surface area (Å²) in [5.74, 6) is -1.81. The molecule has 0 fully saturated rings. The summed E-state index contributed by atoms with van der Waals surface area (Å²) < 4.78 is 27.5. The van der Waals surface area contributed by atoms with Crippen molar-refractivity contribution < 1.29 is 23.1 Å². The van der Waals surface area contributed by atoms with Gasteiger partial charge >= 0.3 is 5.97 Å². The molecule has 4 rings (SSSR count). The van der Waals surface area contributed by atoms with Gasteiger partial charge in [-0.2, -0.15) is 0 Å². The second kappa shape index (κ2) is 9.82. The first-order valence-electron chi connectivity index (χ1n) is 10.7. The van der Waals surface area contributed by atoms with Gasteiger partial charge in [0.25, 0.3) is 10.0 Å². The van der Waals surface area contributed by atoms with Crippen molar-refractivity contribution in [3.8, 4) is 0 Å². The van der Waals surface area contributed by atoms with E-state index in [1.807, 2.05) is 42.5 Å². The SMILES string of the molecule is CC(=CC(=O)Nc1ccc(NS(=O)(=O)c2ccccc2)cc1C(=O)O)c1ccc2ccccc2c1. The summed E-state index contributed by atoms with van der Waals surface area (Å²) in [7, 11) is -3.89. The van der Waals surface area contributed by atoms with Crippen molar-refractivity contribution in [3.63, 3.8) is 0 Å². The van der Waals surface area contributed by atoms with E-state index < -0.39 is 21.9 Å². The number of benzene rings is 4. The van der Waals surface area contributed by atoms with Gasteiger partial charge in [-0.15, -0.1) is 0 Å². The Balaban J connectivity index is 1.55. The van der Waals surface area contributed by atoms with Crippen molar-refractivity contribution >= 4 is 49.6 Å². The van der Waals surface area contributed by atoms with E-state index in [-0.39, 0.29) is 21.8 Å². The molecule has 0 aliphatic carbocycles. The van der Waals surface area contributed by atoms with Crippen LogP contribution in [-0.4, -0.2) is 25.4 Å². The third kappa shape index (κ3) is 5.56. The molecule has 0 radical (unpaired) electrons. The van der Waals surface area contributed by atoms with Gasteiger partial charge in [0, 0.05) is 11.8 Å². The number of sulfonamides is 1. The standard InChI is InChI=1S/C27H22N2O5S/c1-18(20-12-11-19-7-5-6-8-21(19)16-20)15-26(30)28-25-14-13-22(17-24(25)27(31)32)29-35(33,34)23-9-3-2-4-10-23/h2-17,29H,1H3,(H,28,30)(H,31,32). The van der Waals surface area contributed by atoms with Crippen LogP contribution >= 0.6 is 0 Å². The van der Waals surface area contributed by atoms with Crippen LogP contribution in [0.25, 0.3) is 16.3 Å². The van der Waals surface area contributed by atoms with Gasteiger partial charge in [0.1, 0.15) is 0 Å². The summed E-state index contributed by atoms with van der Waals surface area (Å²) in [6, 6.07) is 25.4. The zero-order valence-corrected chi connectivity index (χ0v) is 19.5. The number of fused-ring (bicyclic) bond motifs is 1. The number of carboxylic acids is 1. The molecule has 1 amide bonds. The molecule has 0 saturated carbocycles. The van der Waals surface area contributed by atoms with E-state index in [2.05, 4.69) is 10.0 Å². The minimum atomic E-state index is -3.89. The number of carbonyl (C=O) groups is 2. The summed E-state index contributed by atoms with van der Waals surface area (Å²) in [6.45, 7) is 1.79. The van der Waals surface area contributed by atoms with Crippen molar-refractivity contribution in [2.75, 3.05) is 10.0 Å². The van der Waals surface area contributed by atoms with Crippen molar-refractivity contribution in [1.82, 2.24) is 0 Å². The average Bonchev–Trinajstić information content (AvgIpc) is 2.84. The smallest absolute Gasteiger partial charge is 0.337 e. The summed E-state index contributed by atoms with van der Waals surface area (Å²) >= 11 is 0. The van der Waals surface area contributed by atoms with Crippen LogP contribution in [0.1, 0.15) is 22.8 Å². The molecule has 8 heteroatoms. The van der Waals surface area contributed by atoms with Crippen molar-refractivity contribution in [3.05, 3.63) is 108 Å². The molecular weight excluding hydrogens is 464 g/mol. The Bertz CT molecular complexity index is 1560. The lowest BCUT2D eigenvalue weighted by molar-refractivity contribution is -0.111. The third-order valence-electron chi connectivity index (χ3n) is 5.37. The third-order valence-corrected chi connectivity index (χ3v) is 6.76. The Labute approximate surface area is 202 Å². The molecule has 0 saturated heterocycles. The molecule has 4 aromatic carbocycles. The van der Waals surface area contributed by atoms with Crippen molar-refractivity contribution in [1.29, 1.82) is 0 Å². The van der Waals surface area contributed by atoms with E-state index >= 15 is 0 Å². The van der Waals surface area contributed by atoms with E-state index in [0.29, 0.717) is 5.57 Å². The summed E-state index contributed by atoms with van der Waals surface area (Å²) in [5.41, 5.74) is 1.43. The maximum atomic E-state index is 12.6. The Morgan fingerprint density at radius 3 is 2.23 bits per heavy atom. The van der Waals surface area contributed by atoms with E-state index in [1.54, 1.807) is 25.1 Å². The molecule has 3 N–H and O–H groups in total. The highest BCUT2D eigenvalue weighted by Crippen LogP contribution is 2.25. The number of aromatic carboxylic acids is 1. The first-order valence-corrected chi connectivity index (χ1v) is 12.1. The minimum Gasteiger partial charge on any atom is -0.478 e. The molecule has 0 aromatic heterocycles. The van der Waals surface area contributed by atoms with Gasteiger partial charge < -0.3 is 10.4 Å². The molecule has 0 atom stereocenters. The van der Waals surface area contributed by atoms with Crippen LogP contribution in [0.3, 0.4) is 0 Å². The highest BCUT2D eigenvalue weighted by Gasteiger charge is 2.17. The fourth-order valence-corrected chi connectivity index (χ4v) is 4.66. The number of amides is 1. The Hall–Kier alpha value is -4.43. The molecule has 4 aromatic rings. The zero-order valence-electron chi connectivity index (χ0n) is 18.7. The first-order chi connectivity index (χ1) is 16.7. The van der Waals surface area contributed by atoms with Gasteiger partial charge in [0.2, 0.25) is 5.91 Å². The minimum absolute atomic E-state index is 0.0450. The maximum Gasteiger partial charge on any atom is 0.337 e. The number of hydrogen-bond donors (Lipinski definition) is 3. The number of hydrogen-bond acceptors (Lipinski definition) is 4. The lowest BCUT2D eigenvalue weighted by Gasteiger charge is -2.12. The van der Waals surface area contributed by atoms with Gasteiger partial charge in [0.05, 0.1) is 16.1 Å². The predicted molar refractivity (Wildman–Crippen MR) is 137 cm³/mol. The number of rotatable bonds is 7. The van der Waals surface area contributed by atoms with E-state index in [4.69, 9.17) is 0 Å². The Morgan fingerprint density at radius 1 is 0.829 bits per heavy atom. The molecular formula is C27H22N2O5S. The van der Waals surface area contributed by atoms with Gasteiger partial charge in [0.15, 0.2) is 0 Å². The number of carboxylic acid groups (broad SMARTS) is 1. The molecule has 0 heterocycles. The van der Waals surface area contributed by atoms with Gasteiger partial charge in [-0.25, -0.2) is 13.2 Å². The van der Waals surface area contributed by atoms with Crippen LogP contribution in [0.4, 0.5) is 11.4 Å². The van der Waals surface area contributed by atoms with Crippen LogP contribution in [0.2, 0.25) is 0 Å². The zero-order chi connectivity index (χ0) is 25.0. The summed E-state index contributed by atoms with van der Waals surface area (Å²) in [4.78, 5) is 24.5. The molecule has 0 aliphatic rings. The van der Waals surface area contributed by atoms with Crippen LogP contribution in [0, 0.1) is 0 Å². The Morgan fingerprint density at radius 2 is 1.51 bits per heavy atom. The van der Waals surface area contributed by atoms with Crippen LogP contribution < -0.4 is 10.0 Å². The fourth-order valence-electron chi connectivity index (χ4n) is 3.59. The van der Waals surface area contributed by atoms with Crippen LogP contribution in [-0.2, 0) is 14.8 Å². The molecule has 0 bridgehead atoms. The second-order valence-electron chi connectivity index (χ2n) is 7.86. The first kappa shape index (κ1) is 23.7. The van der Waals surface area contributed by atoms with E-state index in [0.717, 1.165) is 16.3 Å². The number of anilines is 2. The summed E-state index contributed by atoms with van der Waals surface area (Å²) in [5, 5.41) is 14.3. The topological polar surface area (TPSA) is 113 Å². The van der Waals surface area contributed by atoms with Crippen LogP contribution in [0.5, 0.6) is 0 Å². The predicted octanol–water partition coefficient (Wildman–Crippen LogP) is 5.38. The molecule has 7 nitrogen and oxygen atoms in total. The summed E-state index contributed by atoms with van der Waals surface area (Å²) in [6.07, 6.45) is 1.39. The van der Waals surface area contributed by atoms with Crippen LogP contribution in [0.15, 0.2) is 102 Å². The van der Waals surface area contributed by atoms with E-state index in [1.165, 1.54) is 36.4 Å². The molecule has 176 valence electrons. The fraction of sp³-hybridized carbons (Fsp3) is 0.0370. The van der Waals surface area contributed by atoms with E-state index in [9.17, 15) is 23.1 Å². The number of allylic oxidation sites excluding steroid dienone is 1. The molecule has 0 aliphatic heterocycles. The lowest BCUT2D eigenvalue weighted by atomic mass is 10.0. The largest absolute Gasteiger partial charge is 0.478 e. The maximum absolute atomic E-state index is 12.6. The number of nitrogens with one attached hydrogen (secondary N) is 2. The van der Waals surface area contributed by atoms with Gasteiger partial charge in [-0.1, -0.05) is 54.6 Å².